The number of amides is 1. The molecule has 0 fully saturated rings. The summed E-state index contributed by atoms with van der Waals surface area (Å²) in [5.74, 6) is -0.968. The summed E-state index contributed by atoms with van der Waals surface area (Å²) in [7, 11) is 0. The number of primary amides is 1. The van der Waals surface area contributed by atoms with Gasteiger partial charge in [0.2, 0.25) is 0 Å². The number of hydrogen-bond acceptors (Lipinski definition) is 3. The monoisotopic (exact) mass is 302 g/mol. The van der Waals surface area contributed by atoms with Gasteiger partial charge in [-0.1, -0.05) is 48.5 Å². The zero-order valence-electron chi connectivity index (χ0n) is 11.9. The van der Waals surface area contributed by atoms with Crippen LogP contribution in [0.4, 0.5) is 4.79 Å². The van der Waals surface area contributed by atoms with Gasteiger partial charge in [0.1, 0.15) is 0 Å². The SMILES string of the molecule is NC(=O)O.NCC(=O)O.c1ccc2c(c1)Cc1ccccc1-2. The van der Waals surface area contributed by atoms with Crippen LogP contribution in [0.5, 0.6) is 0 Å². The molecule has 1 aliphatic rings. The molecule has 0 heterocycles. The van der Waals surface area contributed by atoms with Crippen LogP contribution in [0.15, 0.2) is 48.5 Å². The Balaban J connectivity index is 0.000000228. The number of aliphatic carboxylic acids is 1. The molecule has 22 heavy (non-hydrogen) atoms. The lowest BCUT2D eigenvalue weighted by atomic mass is 10.1. The van der Waals surface area contributed by atoms with Crippen molar-refractivity contribution in [3.63, 3.8) is 0 Å². The summed E-state index contributed by atoms with van der Waals surface area (Å²) >= 11 is 0. The Hall–Kier alpha value is -2.86. The number of fused-ring (bicyclic) bond motifs is 3. The topological polar surface area (TPSA) is 127 Å². The highest BCUT2D eigenvalue weighted by Gasteiger charge is 2.15. The maximum atomic E-state index is 9.24. The average Bonchev–Trinajstić information content (AvgIpc) is 2.86. The Morgan fingerprint density at radius 1 is 0.909 bits per heavy atom. The first-order valence-electron chi connectivity index (χ1n) is 6.52. The van der Waals surface area contributed by atoms with Crippen molar-refractivity contribution in [2.24, 2.45) is 11.5 Å². The van der Waals surface area contributed by atoms with E-state index < -0.39 is 12.1 Å². The molecule has 6 heteroatoms. The highest BCUT2D eigenvalue weighted by atomic mass is 16.4. The molecular formula is C16H18N2O4. The lowest BCUT2D eigenvalue weighted by Gasteiger charge is -1.98. The molecule has 6 N–H and O–H groups in total. The second kappa shape index (κ2) is 8.43. The largest absolute Gasteiger partial charge is 0.480 e. The third kappa shape index (κ3) is 5.26. The Labute approximate surface area is 128 Å². The Bertz CT molecular complexity index is 609. The number of carboxylic acids is 1. The average molecular weight is 302 g/mol. The number of benzene rings is 2. The first-order valence-corrected chi connectivity index (χ1v) is 6.52. The predicted molar refractivity (Wildman–Crippen MR) is 83.6 cm³/mol. The molecule has 0 spiro atoms. The summed E-state index contributed by atoms with van der Waals surface area (Å²) in [6.07, 6.45) is -0.230. The lowest BCUT2D eigenvalue weighted by Crippen LogP contribution is -2.10. The van der Waals surface area contributed by atoms with Crippen LogP contribution in [0.3, 0.4) is 0 Å². The van der Waals surface area contributed by atoms with Crippen LogP contribution in [0, 0.1) is 0 Å². The fraction of sp³-hybridized carbons (Fsp3) is 0.125. The van der Waals surface area contributed by atoms with Crippen LogP contribution >= 0.6 is 0 Å². The molecular weight excluding hydrogens is 284 g/mol. The number of nitrogens with two attached hydrogens (primary N) is 2. The van der Waals surface area contributed by atoms with Gasteiger partial charge in [0, 0.05) is 0 Å². The van der Waals surface area contributed by atoms with Crippen molar-refractivity contribution >= 4 is 12.1 Å². The minimum Gasteiger partial charge on any atom is -0.480 e. The van der Waals surface area contributed by atoms with E-state index in [1.807, 2.05) is 0 Å². The van der Waals surface area contributed by atoms with Gasteiger partial charge in [-0.05, 0) is 28.7 Å². The highest BCUT2D eigenvalue weighted by molar-refractivity contribution is 5.76. The molecule has 0 saturated carbocycles. The van der Waals surface area contributed by atoms with E-state index in [4.69, 9.17) is 15.0 Å². The lowest BCUT2D eigenvalue weighted by molar-refractivity contribution is -0.135. The van der Waals surface area contributed by atoms with Crippen molar-refractivity contribution in [1.29, 1.82) is 0 Å². The number of rotatable bonds is 1. The molecule has 3 rings (SSSR count). The van der Waals surface area contributed by atoms with E-state index in [1.165, 1.54) is 22.3 Å². The third-order valence-corrected chi connectivity index (χ3v) is 2.88. The first kappa shape index (κ1) is 17.2. The van der Waals surface area contributed by atoms with Gasteiger partial charge in [-0.3, -0.25) is 4.79 Å². The molecule has 0 saturated heterocycles. The standard InChI is InChI=1S/C13H10.C2H5NO2.CH3NO2/c1-3-7-12-10(5-1)9-11-6-2-4-8-13(11)12;3-1-2(4)5;2-1(3)4/h1-8H,9H2;1,3H2,(H,4,5);2H2,(H,3,4). The van der Waals surface area contributed by atoms with E-state index in [0.717, 1.165) is 6.42 Å². The van der Waals surface area contributed by atoms with Gasteiger partial charge < -0.3 is 21.7 Å². The van der Waals surface area contributed by atoms with Crippen molar-refractivity contribution in [1.82, 2.24) is 0 Å². The maximum absolute atomic E-state index is 9.24. The molecule has 0 aliphatic heterocycles. The maximum Gasteiger partial charge on any atom is 0.402 e. The van der Waals surface area contributed by atoms with Crippen molar-refractivity contribution in [3.05, 3.63) is 59.7 Å². The molecule has 0 bridgehead atoms. The Morgan fingerprint density at radius 2 is 1.23 bits per heavy atom. The van der Waals surface area contributed by atoms with Crippen LogP contribution in [0.25, 0.3) is 11.1 Å². The molecule has 2 aromatic carbocycles. The van der Waals surface area contributed by atoms with Crippen LogP contribution in [0.1, 0.15) is 11.1 Å². The van der Waals surface area contributed by atoms with Gasteiger partial charge in [0.25, 0.3) is 0 Å². The van der Waals surface area contributed by atoms with E-state index in [2.05, 4.69) is 60.0 Å². The fourth-order valence-electron chi connectivity index (χ4n) is 2.08. The van der Waals surface area contributed by atoms with Gasteiger partial charge in [-0.2, -0.15) is 0 Å². The zero-order valence-corrected chi connectivity index (χ0v) is 11.9. The normalized spacial score (nSPS) is 10.0. The number of hydrogen-bond donors (Lipinski definition) is 4. The van der Waals surface area contributed by atoms with E-state index in [-0.39, 0.29) is 6.54 Å². The quantitative estimate of drug-likeness (QED) is 0.546. The summed E-state index contributed by atoms with van der Waals surface area (Å²) in [5.41, 5.74) is 14.4. The van der Waals surface area contributed by atoms with Crippen molar-refractivity contribution in [2.75, 3.05) is 6.54 Å². The number of carboxylic acid groups (broad SMARTS) is 2. The summed E-state index contributed by atoms with van der Waals surface area (Å²) in [6.45, 7) is -0.278. The summed E-state index contributed by atoms with van der Waals surface area (Å²) in [6, 6.07) is 17.3. The Kier molecular flexibility index (Phi) is 6.59. The third-order valence-electron chi connectivity index (χ3n) is 2.88. The molecule has 0 unspecified atom stereocenters. The summed E-state index contributed by atoms with van der Waals surface area (Å²) in [5, 5.41) is 14.8. The molecule has 116 valence electrons. The van der Waals surface area contributed by atoms with Gasteiger partial charge in [-0.15, -0.1) is 0 Å². The zero-order chi connectivity index (χ0) is 16.5. The molecule has 0 atom stereocenters. The second-order valence-corrected chi connectivity index (χ2v) is 4.43. The highest BCUT2D eigenvalue weighted by Crippen LogP contribution is 2.35. The summed E-state index contributed by atoms with van der Waals surface area (Å²) < 4.78 is 0. The fourth-order valence-corrected chi connectivity index (χ4v) is 2.08. The van der Waals surface area contributed by atoms with Gasteiger partial charge in [-0.25, -0.2) is 4.79 Å². The minimum absolute atomic E-state index is 0.278. The molecule has 1 amide bonds. The van der Waals surface area contributed by atoms with Crippen molar-refractivity contribution in [3.8, 4) is 11.1 Å². The first-order chi connectivity index (χ1) is 10.5. The molecule has 2 aromatic rings. The van der Waals surface area contributed by atoms with Gasteiger partial charge in [0.05, 0.1) is 6.54 Å². The number of carbonyl (C=O) groups is 2. The van der Waals surface area contributed by atoms with Crippen molar-refractivity contribution in [2.45, 2.75) is 6.42 Å². The van der Waals surface area contributed by atoms with E-state index >= 15 is 0 Å². The van der Waals surface area contributed by atoms with Crippen LogP contribution in [-0.4, -0.2) is 28.8 Å². The van der Waals surface area contributed by atoms with Crippen molar-refractivity contribution < 1.29 is 19.8 Å². The van der Waals surface area contributed by atoms with Gasteiger partial charge in [0.15, 0.2) is 0 Å². The molecule has 0 aromatic heterocycles. The molecule has 6 nitrogen and oxygen atoms in total. The van der Waals surface area contributed by atoms with Crippen LogP contribution in [-0.2, 0) is 11.2 Å². The van der Waals surface area contributed by atoms with E-state index in [9.17, 15) is 4.79 Å². The minimum atomic E-state index is -1.33. The van der Waals surface area contributed by atoms with Gasteiger partial charge >= 0.3 is 12.1 Å². The second-order valence-electron chi connectivity index (χ2n) is 4.43. The summed E-state index contributed by atoms with van der Waals surface area (Å²) in [4.78, 5) is 18.0. The molecule has 1 aliphatic carbocycles. The Morgan fingerprint density at radius 3 is 1.55 bits per heavy atom. The molecule has 0 radical (unpaired) electrons. The predicted octanol–water partition coefficient (Wildman–Crippen LogP) is 1.91. The van der Waals surface area contributed by atoms with Crippen LogP contribution < -0.4 is 11.5 Å². The van der Waals surface area contributed by atoms with E-state index in [1.54, 1.807) is 0 Å². The smallest absolute Gasteiger partial charge is 0.402 e. The van der Waals surface area contributed by atoms with E-state index in [0.29, 0.717) is 0 Å². The van der Waals surface area contributed by atoms with Crippen LogP contribution in [0.2, 0.25) is 0 Å².